The first-order valence-corrected chi connectivity index (χ1v) is 7.41. The molecule has 0 heterocycles. The first-order chi connectivity index (χ1) is 10.4. The fraction of sp³-hybridized carbons (Fsp3) is 0.500. The Labute approximate surface area is 132 Å². The molecule has 1 atom stereocenters. The van der Waals surface area contributed by atoms with Gasteiger partial charge in [-0.05, 0) is 31.2 Å². The average molecular weight is 306 g/mol. The highest BCUT2D eigenvalue weighted by atomic mass is 16.2. The van der Waals surface area contributed by atoms with Crippen LogP contribution in [-0.4, -0.2) is 50.6 Å². The number of likely N-dealkylation sites (N-methyl/N-ethyl adjacent to an activating group) is 1. The van der Waals surface area contributed by atoms with Crippen molar-refractivity contribution in [2.24, 2.45) is 0 Å². The molecule has 0 fully saturated rings. The quantitative estimate of drug-likeness (QED) is 0.834. The molecule has 0 spiro atoms. The highest BCUT2D eigenvalue weighted by Crippen LogP contribution is 2.14. The van der Waals surface area contributed by atoms with Crippen LogP contribution in [0.3, 0.4) is 0 Å². The van der Waals surface area contributed by atoms with E-state index in [1.165, 1.54) is 7.05 Å². The van der Waals surface area contributed by atoms with E-state index in [2.05, 4.69) is 34.9 Å². The lowest BCUT2D eigenvalue weighted by molar-refractivity contribution is -0.124. The van der Waals surface area contributed by atoms with Crippen molar-refractivity contribution in [3.8, 4) is 0 Å². The van der Waals surface area contributed by atoms with Gasteiger partial charge in [0.2, 0.25) is 5.91 Å². The number of hydrogen-bond donors (Lipinski definition) is 2. The van der Waals surface area contributed by atoms with E-state index in [0.717, 1.165) is 17.8 Å². The Morgan fingerprint density at radius 1 is 1.18 bits per heavy atom. The Hall–Kier alpha value is -2.08. The van der Waals surface area contributed by atoms with Crippen LogP contribution in [0, 0.1) is 0 Å². The number of nitrogens with zero attached hydrogens (tertiary/aromatic N) is 2. The van der Waals surface area contributed by atoms with E-state index in [-0.39, 0.29) is 11.9 Å². The van der Waals surface area contributed by atoms with E-state index in [1.807, 2.05) is 30.8 Å². The molecule has 1 aromatic rings. The largest absolute Gasteiger partial charge is 0.378 e. The first-order valence-electron chi connectivity index (χ1n) is 7.41. The monoisotopic (exact) mass is 306 g/mol. The lowest BCUT2D eigenvalue weighted by atomic mass is 10.1. The van der Waals surface area contributed by atoms with Crippen molar-refractivity contribution in [3.63, 3.8) is 0 Å². The zero-order valence-corrected chi connectivity index (χ0v) is 14.0. The minimum absolute atomic E-state index is 0.300. The first kappa shape index (κ1) is 18.0. The van der Waals surface area contributed by atoms with Gasteiger partial charge >= 0.3 is 6.03 Å². The summed E-state index contributed by atoms with van der Waals surface area (Å²) >= 11 is 0. The van der Waals surface area contributed by atoms with Gasteiger partial charge in [-0.25, -0.2) is 4.79 Å². The second-order valence-electron chi connectivity index (χ2n) is 5.37. The number of rotatable bonds is 6. The lowest BCUT2D eigenvalue weighted by Gasteiger charge is -2.26. The molecule has 1 rings (SSSR count). The maximum Gasteiger partial charge on any atom is 0.321 e. The van der Waals surface area contributed by atoms with Crippen molar-refractivity contribution in [3.05, 3.63) is 29.8 Å². The van der Waals surface area contributed by atoms with Crippen LogP contribution in [-0.2, 0) is 11.3 Å². The SMILES string of the molecule is CCN(Cc1ccc(N(C)C)cc1)[C@H](C)C(=O)NC(=O)NC. The molecule has 0 aliphatic carbocycles. The summed E-state index contributed by atoms with van der Waals surface area (Å²) in [6.45, 7) is 5.18. The Kier molecular flexibility index (Phi) is 6.85. The van der Waals surface area contributed by atoms with Crippen molar-refractivity contribution in [2.75, 3.05) is 32.6 Å². The minimum Gasteiger partial charge on any atom is -0.378 e. The summed E-state index contributed by atoms with van der Waals surface area (Å²) in [5, 5.41) is 4.70. The lowest BCUT2D eigenvalue weighted by Crippen LogP contribution is -2.48. The summed E-state index contributed by atoms with van der Waals surface area (Å²) in [5.41, 5.74) is 2.27. The maximum atomic E-state index is 12.0. The van der Waals surface area contributed by atoms with Crippen molar-refractivity contribution < 1.29 is 9.59 Å². The number of imide groups is 1. The summed E-state index contributed by atoms with van der Waals surface area (Å²) in [5.74, 6) is -0.300. The normalized spacial score (nSPS) is 11.9. The third kappa shape index (κ3) is 5.04. The van der Waals surface area contributed by atoms with Crippen molar-refractivity contribution in [1.29, 1.82) is 0 Å². The molecule has 22 heavy (non-hydrogen) atoms. The second-order valence-corrected chi connectivity index (χ2v) is 5.37. The number of amides is 3. The molecule has 3 amide bonds. The Morgan fingerprint density at radius 3 is 2.23 bits per heavy atom. The van der Waals surface area contributed by atoms with Crippen LogP contribution >= 0.6 is 0 Å². The van der Waals surface area contributed by atoms with Crippen molar-refractivity contribution in [1.82, 2.24) is 15.5 Å². The minimum atomic E-state index is -0.483. The maximum absolute atomic E-state index is 12.0. The Bertz CT molecular complexity index is 499. The molecule has 0 unspecified atom stereocenters. The molecule has 122 valence electrons. The summed E-state index contributed by atoms with van der Waals surface area (Å²) in [6, 6.07) is 7.36. The number of nitrogens with one attached hydrogen (secondary N) is 2. The zero-order valence-electron chi connectivity index (χ0n) is 14.0. The van der Waals surface area contributed by atoms with E-state index < -0.39 is 6.03 Å². The molecule has 2 N–H and O–H groups in total. The number of hydrogen-bond acceptors (Lipinski definition) is 4. The molecular formula is C16H26N4O2. The van der Waals surface area contributed by atoms with Crippen molar-refractivity contribution >= 4 is 17.6 Å². The molecular weight excluding hydrogens is 280 g/mol. The Balaban J connectivity index is 2.71. The van der Waals surface area contributed by atoms with E-state index >= 15 is 0 Å². The second kappa shape index (κ2) is 8.38. The van der Waals surface area contributed by atoms with Crippen LogP contribution in [0.1, 0.15) is 19.4 Å². The molecule has 0 aliphatic rings. The van der Waals surface area contributed by atoms with Crippen LogP contribution in [0.5, 0.6) is 0 Å². The number of carbonyl (C=O) groups excluding carboxylic acids is 2. The van der Waals surface area contributed by atoms with Gasteiger partial charge in [0.05, 0.1) is 6.04 Å². The number of benzene rings is 1. The number of carbonyl (C=O) groups is 2. The van der Waals surface area contributed by atoms with Crippen molar-refractivity contribution in [2.45, 2.75) is 26.4 Å². The highest BCUT2D eigenvalue weighted by molar-refractivity contribution is 5.96. The third-order valence-corrected chi connectivity index (χ3v) is 3.64. The van der Waals surface area contributed by atoms with Gasteiger partial charge in [-0.1, -0.05) is 19.1 Å². The fourth-order valence-corrected chi connectivity index (χ4v) is 2.10. The standard InChI is InChI=1S/C16H26N4O2/c1-6-20(12(2)15(21)18-16(22)17-3)11-13-7-9-14(10-8-13)19(4)5/h7-10,12H,6,11H2,1-5H3,(H2,17,18,21,22)/t12-/m1/s1. The molecule has 0 aromatic heterocycles. The highest BCUT2D eigenvalue weighted by Gasteiger charge is 2.21. The van der Waals surface area contributed by atoms with Crippen LogP contribution in [0.15, 0.2) is 24.3 Å². The molecule has 0 saturated carbocycles. The summed E-state index contributed by atoms with van der Waals surface area (Å²) in [6.07, 6.45) is 0. The van der Waals surface area contributed by atoms with E-state index in [9.17, 15) is 9.59 Å². The van der Waals surface area contributed by atoms with Gasteiger partial charge in [-0.2, -0.15) is 0 Å². The van der Waals surface area contributed by atoms with Gasteiger partial charge in [0, 0.05) is 33.4 Å². The topological polar surface area (TPSA) is 64.7 Å². The summed E-state index contributed by atoms with van der Waals surface area (Å²) < 4.78 is 0. The fourth-order valence-electron chi connectivity index (χ4n) is 2.10. The summed E-state index contributed by atoms with van der Waals surface area (Å²) in [4.78, 5) is 27.3. The molecule has 6 heteroatoms. The predicted molar refractivity (Wildman–Crippen MR) is 88.9 cm³/mol. The molecule has 0 saturated heterocycles. The van der Waals surface area contributed by atoms with Crippen LogP contribution in [0.25, 0.3) is 0 Å². The van der Waals surface area contributed by atoms with Gasteiger partial charge < -0.3 is 10.2 Å². The van der Waals surface area contributed by atoms with E-state index in [1.54, 1.807) is 6.92 Å². The van der Waals surface area contributed by atoms with Gasteiger partial charge in [0.25, 0.3) is 0 Å². The van der Waals surface area contributed by atoms with Crippen LogP contribution < -0.4 is 15.5 Å². The van der Waals surface area contributed by atoms with Gasteiger partial charge in [-0.15, -0.1) is 0 Å². The molecule has 6 nitrogen and oxygen atoms in total. The summed E-state index contributed by atoms with van der Waals surface area (Å²) in [7, 11) is 5.48. The number of urea groups is 1. The third-order valence-electron chi connectivity index (χ3n) is 3.64. The van der Waals surface area contributed by atoms with Gasteiger partial charge in [-0.3, -0.25) is 15.0 Å². The zero-order chi connectivity index (χ0) is 16.7. The van der Waals surface area contributed by atoms with E-state index in [0.29, 0.717) is 6.54 Å². The van der Waals surface area contributed by atoms with Crippen LogP contribution in [0.2, 0.25) is 0 Å². The predicted octanol–water partition coefficient (Wildman–Crippen LogP) is 1.42. The molecule has 0 bridgehead atoms. The Morgan fingerprint density at radius 2 is 1.77 bits per heavy atom. The van der Waals surface area contributed by atoms with E-state index in [4.69, 9.17) is 0 Å². The molecule has 1 aromatic carbocycles. The smallest absolute Gasteiger partial charge is 0.321 e. The number of anilines is 1. The molecule has 0 radical (unpaired) electrons. The average Bonchev–Trinajstić information content (AvgIpc) is 2.52. The van der Waals surface area contributed by atoms with Crippen LogP contribution in [0.4, 0.5) is 10.5 Å². The van der Waals surface area contributed by atoms with Gasteiger partial charge in [0.1, 0.15) is 0 Å². The van der Waals surface area contributed by atoms with Gasteiger partial charge in [0.15, 0.2) is 0 Å². The molecule has 0 aliphatic heterocycles.